The predicted molar refractivity (Wildman–Crippen MR) is 110 cm³/mol. The molecular formula is C23H23N3O4. The first-order chi connectivity index (χ1) is 14.6. The summed E-state index contributed by atoms with van der Waals surface area (Å²) in [6, 6.07) is 15.7. The molecule has 2 heterocycles. The molecule has 1 saturated heterocycles. The zero-order valence-corrected chi connectivity index (χ0v) is 16.5. The van der Waals surface area contributed by atoms with Crippen molar-refractivity contribution in [3.63, 3.8) is 0 Å². The smallest absolute Gasteiger partial charge is 0.309 e. The molecule has 1 aliphatic carbocycles. The van der Waals surface area contributed by atoms with Gasteiger partial charge >= 0.3 is 5.97 Å². The molecule has 2 aromatic carbocycles. The van der Waals surface area contributed by atoms with Crippen molar-refractivity contribution in [2.24, 2.45) is 5.92 Å². The second-order valence-electron chi connectivity index (χ2n) is 8.04. The van der Waals surface area contributed by atoms with Crippen molar-refractivity contribution in [2.75, 3.05) is 13.1 Å². The Morgan fingerprint density at radius 1 is 1.07 bits per heavy atom. The Morgan fingerprint density at radius 3 is 2.40 bits per heavy atom. The molecule has 154 valence electrons. The Morgan fingerprint density at radius 2 is 1.77 bits per heavy atom. The number of rotatable bonds is 7. The van der Waals surface area contributed by atoms with Gasteiger partial charge in [-0.05, 0) is 49.1 Å². The van der Waals surface area contributed by atoms with Crippen molar-refractivity contribution in [3.05, 3.63) is 54.1 Å². The van der Waals surface area contributed by atoms with Crippen molar-refractivity contribution in [1.29, 1.82) is 0 Å². The van der Waals surface area contributed by atoms with E-state index in [1.165, 1.54) is 6.42 Å². The van der Waals surface area contributed by atoms with E-state index in [2.05, 4.69) is 15.0 Å². The van der Waals surface area contributed by atoms with Crippen molar-refractivity contribution in [1.82, 2.24) is 15.0 Å². The van der Waals surface area contributed by atoms with Gasteiger partial charge in [-0.25, -0.2) is 0 Å². The van der Waals surface area contributed by atoms with E-state index < -0.39 is 5.97 Å². The Bertz CT molecular complexity index is 1020. The Balaban J connectivity index is 1.21. The fraction of sp³-hybridized carbons (Fsp3) is 0.348. The Labute approximate surface area is 174 Å². The average Bonchev–Trinajstić information content (AvgIpc) is 3.18. The van der Waals surface area contributed by atoms with Gasteiger partial charge < -0.3 is 14.4 Å². The van der Waals surface area contributed by atoms with Crippen LogP contribution in [0.5, 0.6) is 5.75 Å². The number of aromatic nitrogens is 2. The molecule has 2 fully saturated rings. The maximum atomic E-state index is 10.9. The number of carboxylic acid groups (broad SMARTS) is 1. The van der Waals surface area contributed by atoms with E-state index in [0.717, 1.165) is 41.8 Å². The topological polar surface area (TPSA) is 88.7 Å². The van der Waals surface area contributed by atoms with Crippen molar-refractivity contribution < 1.29 is 19.2 Å². The third kappa shape index (κ3) is 3.93. The van der Waals surface area contributed by atoms with Crippen LogP contribution in [0.4, 0.5) is 0 Å². The highest BCUT2D eigenvalue weighted by Gasteiger charge is 2.32. The molecule has 2 aliphatic rings. The summed E-state index contributed by atoms with van der Waals surface area (Å²) in [6.07, 6.45) is 3.87. The van der Waals surface area contributed by atoms with Crippen LogP contribution in [-0.4, -0.2) is 45.3 Å². The van der Waals surface area contributed by atoms with Gasteiger partial charge in [-0.2, -0.15) is 4.98 Å². The first-order valence-corrected chi connectivity index (χ1v) is 10.3. The summed E-state index contributed by atoms with van der Waals surface area (Å²) in [5.41, 5.74) is 2.87. The first-order valence-electron chi connectivity index (χ1n) is 10.3. The van der Waals surface area contributed by atoms with Crippen LogP contribution in [0.3, 0.4) is 0 Å². The predicted octanol–water partition coefficient (Wildman–Crippen LogP) is 3.85. The van der Waals surface area contributed by atoms with E-state index in [0.29, 0.717) is 30.9 Å². The highest BCUT2D eigenvalue weighted by Crippen LogP contribution is 2.28. The fourth-order valence-electron chi connectivity index (χ4n) is 3.69. The lowest BCUT2D eigenvalue weighted by Gasteiger charge is -2.36. The molecule has 7 nitrogen and oxygen atoms in total. The zero-order valence-electron chi connectivity index (χ0n) is 16.5. The maximum Gasteiger partial charge on any atom is 0.309 e. The first kappa shape index (κ1) is 18.8. The van der Waals surface area contributed by atoms with E-state index >= 15 is 0 Å². The summed E-state index contributed by atoms with van der Waals surface area (Å²) in [5, 5.41) is 13.1. The molecule has 1 aliphatic heterocycles. The number of carbonyl (C=O) groups is 1. The van der Waals surface area contributed by atoms with Crippen LogP contribution in [0.2, 0.25) is 0 Å². The van der Waals surface area contributed by atoms with Gasteiger partial charge in [0.1, 0.15) is 5.75 Å². The van der Waals surface area contributed by atoms with Gasteiger partial charge in [0.05, 0.1) is 12.0 Å². The normalized spacial score (nSPS) is 17.3. The minimum Gasteiger partial charge on any atom is -0.490 e. The zero-order chi connectivity index (χ0) is 20.5. The van der Waals surface area contributed by atoms with Crippen LogP contribution in [-0.2, 0) is 11.3 Å². The number of aliphatic carboxylic acids is 1. The minimum absolute atomic E-state index is 0.235. The number of nitrogens with zero attached hydrogens (tertiary/aromatic N) is 3. The number of hydrogen-bond acceptors (Lipinski definition) is 6. The largest absolute Gasteiger partial charge is 0.490 e. The lowest BCUT2D eigenvalue weighted by atomic mass is 9.96. The fourth-order valence-corrected chi connectivity index (χ4v) is 3.69. The Kier molecular flexibility index (Phi) is 4.96. The van der Waals surface area contributed by atoms with Crippen LogP contribution in [0.1, 0.15) is 24.8 Å². The molecule has 0 bridgehead atoms. The molecule has 0 amide bonds. The van der Waals surface area contributed by atoms with Crippen molar-refractivity contribution in [3.8, 4) is 28.6 Å². The second kappa shape index (κ2) is 7.91. The lowest BCUT2D eigenvalue weighted by Crippen LogP contribution is -2.49. The van der Waals surface area contributed by atoms with E-state index in [9.17, 15) is 4.79 Å². The van der Waals surface area contributed by atoms with Gasteiger partial charge in [0.15, 0.2) is 0 Å². The molecule has 0 atom stereocenters. The molecular weight excluding hydrogens is 382 g/mol. The highest BCUT2D eigenvalue weighted by molar-refractivity contribution is 5.71. The summed E-state index contributed by atoms with van der Waals surface area (Å²) in [5.74, 6) is 0.942. The minimum atomic E-state index is -0.713. The molecule has 30 heavy (non-hydrogen) atoms. The van der Waals surface area contributed by atoms with Crippen LogP contribution in [0.25, 0.3) is 22.8 Å². The number of likely N-dealkylation sites (tertiary alicyclic amines) is 1. The summed E-state index contributed by atoms with van der Waals surface area (Å²) in [7, 11) is 0. The van der Waals surface area contributed by atoms with E-state index in [1.54, 1.807) is 0 Å². The van der Waals surface area contributed by atoms with Gasteiger partial charge in [0.25, 0.3) is 5.89 Å². The van der Waals surface area contributed by atoms with Gasteiger partial charge in [0, 0.05) is 30.8 Å². The summed E-state index contributed by atoms with van der Waals surface area (Å²) < 4.78 is 11.3. The number of ether oxygens (including phenoxy) is 1. The van der Waals surface area contributed by atoms with Crippen LogP contribution in [0.15, 0.2) is 53.1 Å². The molecule has 0 spiro atoms. The summed E-state index contributed by atoms with van der Waals surface area (Å²) in [4.78, 5) is 17.5. The van der Waals surface area contributed by atoms with Crippen LogP contribution < -0.4 is 4.74 Å². The maximum absolute atomic E-state index is 10.9. The van der Waals surface area contributed by atoms with E-state index in [1.807, 2.05) is 48.5 Å². The van der Waals surface area contributed by atoms with E-state index in [-0.39, 0.29) is 5.92 Å². The lowest BCUT2D eigenvalue weighted by molar-refractivity contribution is -0.147. The number of carboxylic acids is 1. The van der Waals surface area contributed by atoms with Gasteiger partial charge in [-0.3, -0.25) is 9.69 Å². The van der Waals surface area contributed by atoms with Crippen molar-refractivity contribution >= 4 is 5.97 Å². The molecule has 0 radical (unpaired) electrons. The van der Waals surface area contributed by atoms with Gasteiger partial charge in [0.2, 0.25) is 5.82 Å². The molecule has 3 aromatic rings. The second-order valence-corrected chi connectivity index (χ2v) is 8.04. The third-order valence-electron chi connectivity index (χ3n) is 5.81. The molecule has 7 heteroatoms. The van der Waals surface area contributed by atoms with E-state index in [4.69, 9.17) is 14.4 Å². The number of hydrogen-bond donors (Lipinski definition) is 1. The molecule has 1 saturated carbocycles. The van der Waals surface area contributed by atoms with Crippen molar-refractivity contribution in [2.45, 2.75) is 31.9 Å². The monoisotopic (exact) mass is 405 g/mol. The van der Waals surface area contributed by atoms with Gasteiger partial charge in [-0.1, -0.05) is 29.4 Å². The summed E-state index contributed by atoms with van der Waals surface area (Å²) in [6.45, 7) is 1.96. The standard InChI is InChI=1S/C23H23N3O4/c27-23(28)18-13-26(14-18)12-15-4-6-16(7-5-15)21-24-22(30-25-21)17-8-10-20(11-9-17)29-19-2-1-3-19/h4-11,18-19H,1-3,12-14H2,(H,27,28). The third-order valence-corrected chi connectivity index (χ3v) is 5.81. The molecule has 5 rings (SSSR count). The molecule has 0 unspecified atom stereocenters. The average molecular weight is 405 g/mol. The van der Waals surface area contributed by atoms with Gasteiger partial charge in [-0.15, -0.1) is 0 Å². The summed E-state index contributed by atoms with van der Waals surface area (Å²) >= 11 is 0. The van der Waals surface area contributed by atoms with Crippen LogP contribution in [0, 0.1) is 5.92 Å². The van der Waals surface area contributed by atoms with Crippen LogP contribution >= 0.6 is 0 Å². The quantitative estimate of drug-likeness (QED) is 0.639. The SMILES string of the molecule is O=C(O)C1CN(Cc2ccc(-c3noc(-c4ccc(OC5CCC5)cc4)n3)cc2)C1. The Hall–Kier alpha value is -3.19. The molecule has 1 aromatic heterocycles. The molecule has 1 N–H and O–H groups in total. The highest BCUT2D eigenvalue weighted by atomic mass is 16.5. The number of benzene rings is 2.